The SMILES string of the molecule is O=C(O)c1cccc(NC(=NCC2CCCO2)N2CCN(c3ccccn3)CC2)c1. The standard InChI is InChI=1S/C22H27N5O3/c28-21(29)17-5-3-6-18(15-17)25-22(24-16-19-7-4-14-30-19)27-12-10-26(11-13-27)20-8-1-2-9-23-20/h1-3,5-6,8-9,15,19H,4,7,10-14,16H2,(H,24,25)(H,28,29). The maximum Gasteiger partial charge on any atom is 0.335 e. The molecule has 0 aliphatic carbocycles. The molecule has 2 saturated heterocycles. The first-order valence-corrected chi connectivity index (χ1v) is 10.4. The first-order valence-electron chi connectivity index (χ1n) is 10.4. The first kappa shape index (κ1) is 20.2. The molecule has 4 rings (SSSR count). The van der Waals surface area contributed by atoms with Crippen LogP contribution in [0.3, 0.4) is 0 Å². The van der Waals surface area contributed by atoms with E-state index in [0.29, 0.717) is 12.2 Å². The van der Waals surface area contributed by atoms with Gasteiger partial charge in [-0.2, -0.15) is 0 Å². The molecule has 1 atom stereocenters. The Morgan fingerprint density at radius 1 is 1.20 bits per heavy atom. The minimum atomic E-state index is -0.944. The van der Waals surface area contributed by atoms with Crippen molar-refractivity contribution in [1.82, 2.24) is 9.88 Å². The number of ether oxygens (including phenoxy) is 1. The van der Waals surface area contributed by atoms with Gasteiger partial charge in [0, 0.05) is 44.7 Å². The smallest absolute Gasteiger partial charge is 0.335 e. The summed E-state index contributed by atoms with van der Waals surface area (Å²) >= 11 is 0. The number of nitrogens with zero attached hydrogens (tertiary/aromatic N) is 4. The summed E-state index contributed by atoms with van der Waals surface area (Å²) in [6, 6.07) is 12.8. The van der Waals surface area contributed by atoms with Crippen LogP contribution in [-0.4, -0.2) is 72.4 Å². The molecule has 1 aromatic carbocycles. The van der Waals surface area contributed by atoms with E-state index in [-0.39, 0.29) is 11.7 Å². The molecule has 0 radical (unpaired) electrons. The van der Waals surface area contributed by atoms with Gasteiger partial charge in [-0.25, -0.2) is 9.78 Å². The Labute approximate surface area is 176 Å². The normalized spacial score (nSPS) is 19.7. The van der Waals surface area contributed by atoms with E-state index in [1.165, 1.54) is 0 Å². The van der Waals surface area contributed by atoms with Crippen LogP contribution in [0.2, 0.25) is 0 Å². The Bertz CT molecular complexity index is 875. The highest BCUT2D eigenvalue weighted by atomic mass is 16.5. The lowest BCUT2D eigenvalue weighted by molar-refractivity contribution is 0.0697. The van der Waals surface area contributed by atoms with Gasteiger partial charge in [-0.15, -0.1) is 0 Å². The molecule has 3 heterocycles. The first-order chi connectivity index (χ1) is 14.7. The van der Waals surface area contributed by atoms with Crippen molar-refractivity contribution in [2.24, 2.45) is 4.99 Å². The number of carboxylic acids is 1. The molecule has 8 heteroatoms. The van der Waals surface area contributed by atoms with Crippen LogP contribution in [0.25, 0.3) is 0 Å². The lowest BCUT2D eigenvalue weighted by Gasteiger charge is -2.37. The van der Waals surface area contributed by atoms with Crippen LogP contribution in [0.4, 0.5) is 11.5 Å². The quantitative estimate of drug-likeness (QED) is 0.579. The number of carboxylic acid groups (broad SMARTS) is 1. The molecule has 0 amide bonds. The second-order valence-electron chi connectivity index (χ2n) is 7.47. The highest BCUT2D eigenvalue weighted by Gasteiger charge is 2.22. The zero-order valence-corrected chi connectivity index (χ0v) is 16.9. The summed E-state index contributed by atoms with van der Waals surface area (Å²) in [7, 11) is 0. The predicted octanol–water partition coefficient (Wildman–Crippen LogP) is 2.55. The van der Waals surface area contributed by atoms with Gasteiger partial charge in [0.05, 0.1) is 18.2 Å². The largest absolute Gasteiger partial charge is 0.478 e. The lowest BCUT2D eigenvalue weighted by Crippen LogP contribution is -2.51. The Kier molecular flexibility index (Phi) is 6.44. The van der Waals surface area contributed by atoms with Crippen LogP contribution < -0.4 is 10.2 Å². The molecule has 1 unspecified atom stereocenters. The van der Waals surface area contributed by atoms with Crippen molar-refractivity contribution in [3.05, 3.63) is 54.2 Å². The number of hydrogen-bond acceptors (Lipinski definition) is 5. The second-order valence-corrected chi connectivity index (χ2v) is 7.47. The fourth-order valence-electron chi connectivity index (χ4n) is 3.74. The third-order valence-corrected chi connectivity index (χ3v) is 5.39. The van der Waals surface area contributed by atoms with Crippen molar-refractivity contribution in [3.8, 4) is 0 Å². The number of carbonyl (C=O) groups is 1. The molecule has 2 N–H and O–H groups in total. The van der Waals surface area contributed by atoms with Gasteiger partial charge >= 0.3 is 5.97 Å². The summed E-state index contributed by atoms with van der Waals surface area (Å²) in [5.74, 6) is 0.797. The van der Waals surface area contributed by atoms with E-state index in [1.54, 1.807) is 18.2 Å². The zero-order chi connectivity index (χ0) is 20.8. The number of anilines is 2. The van der Waals surface area contributed by atoms with Gasteiger partial charge in [0.1, 0.15) is 5.82 Å². The molecule has 30 heavy (non-hydrogen) atoms. The minimum Gasteiger partial charge on any atom is -0.478 e. The number of guanidine groups is 1. The molecule has 2 aliphatic heterocycles. The Hall–Kier alpha value is -3.13. The molecule has 0 saturated carbocycles. The fourth-order valence-corrected chi connectivity index (χ4v) is 3.74. The predicted molar refractivity (Wildman–Crippen MR) is 116 cm³/mol. The average Bonchev–Trinajstić information content (AvgIpc) is 3.31. The highest BCUT2D eigenvalue weighted by Crippen LogP contribution is 2.17. The zero-order valence-electron chi connectivity index (χ0n) is 16.9. The third-order valence-electron chi connectivity index (χ3n) is 5.39. The van der Waals surface area contributed by atoms with E-state index < -0.39 is 5.97 Å². The number of hydrogen-bond donors (Lipinski definition) is 2. The Balaban J connectivity index is 1.47. The number of aliphatic imine (C=N–C) groups is 1. The maximum absolute atomic E-state index is 11.3. The van der Waals surface area contributed by atoms with Crippen LogP contribution >= 0.6 is 0 Å². The lowest BCUT2D eigenvalue weighted by atomic mass is 10.2. The van der Waals surface area contributed by atoms with E-state index in [9.17, 15) is 9.90 Å². The van der Waals surface area contributed by atoms with Crippen molar-refractivity contribution >= 4 is 23.4 Å². The van der Waals surface area contributed by atoms with E-state index in [0.717, 1.165) is 57.4 Å². The van der Waals surface area contributed by atoms with Gasteiger partial charge in [-0.3, -0.25) is 4.99 Å². The summed E-state index contributed by atoms with van der Waals surface area (Å²) in [5.41, 5.74) is 0.964. The molecular formula is C22H27N5O3. The summed E-state index contributed by atoms with van der Waals surface area (Å²) in [6.45, 7) is 4.67. The van der Waals surface area contributed by atoms with Gasteiger partial charge in [0.15, 0.2) is 5.96 Å². The van der Waals surface area contributed by atoms with E-state index in [1.807, 2.05) is 30.5 Å². The number of pyridine rings is 1. The molecule has 8 nitrogen and oxygen atoms in total. The van der Waals surface area contributed by atoms with Crippen LogP contribution in [0, 0.1) is 0 Å². The summed E-state index contributed by atoms with van der Waals surface area (Å²) in [5, 5.41) is 12.6. The number of aromatic nitrogens is 1. The second kappa shape index (κ2) is 9.58. The third kappa shape index (κ3) is 5.07. The number of piperazine rings is 1. The Morgan fingerprint density at radius 3 is 2.77 bits per heavy atom. The van der Waals surface area contributed by atoms with E-state index >= 15 is 0 Å². The van der Waals surface area contributed by atoms with Gasteiger partial charge in [-0.1, -0.05) is 12.1 Å². The average molecular weight is 409 g/mol. The van der Waals surface area contributed by atoms with Crippen LogP contribution in [0.15, 0.2) is 53.7 Å². The molecule has 0 bridgehead atoms. The summed E-state index contributed by atoms with van der Waals surface area (Å²) in [4.78, 5) is 25.1. The number of aromatic carboxylic acids is 1. The van der Waals surface area contributed by atoms with E-state index in [2.05, 4.69) is 20.1 Å². The van der Waals surface area contributed by atoms with Gasteiger partial charge in [-0.05, 0) is 43.2 Å². The molecule has 2 aromatic rings. The molecular weight excluding hydrogens is 382 g/mol. The van der Waals surface area contributed by atoms with Crippen molar-refractivity contribution in [1.29, 1.82) is 0 Å². The monoisotopic (exact) mass is 409 g/mol. The van der Waals surface area contributed by atoms with Gasteiger partial charge in [0.2, 0.25) is 0 Å². The molecule has 2 aliphatic rings. The summed E-state index contributed by atoms with van der Waals surface area (Å²) < 4.78 is 5.72. The maximum atomic E-state index is 11.3. The summed E-state index contributed by atoms with van der Waals surface area (Å²) in [6.07, 6.45) is 4.07. The highest BCUT2D eigenvalue weighted by molar-refractivity contribution is 5.96. The topological polar surface area (TPSA) is 90.3 Å². The number of nitrogens with one attached hydrogen (secondary N) is 1. The molecule has 158 valence electrons. The van der Waals surface area contributed by atoms with Crippen molar-refractivity contribution < 1.29 is 14.6 Å². The van der Waals surface area contributed by atoms with Crippen molar-refractivity contribution in [2.45, 2.75) is 18.9 Å². The molecule has 0 spiro atoms. The van der Waals surface area contributed by atoms with Gasteiger partial charge < -0.3 is 25.0 Å². The minimum absolute atomic E-state index is 0.155. The number of rotatable bonds is 5. The van der Waals surface area contributed by atoms with Crippen molar-refractivity contribution in [2.75, 3.05) is 49.5 Å². The van der Waals surface area contributed by atoms with Gasteiger partial charge in [0.25, 0.3) is 0 Å². The van der Waals surface area contributed by atoms with Crippen LogP contribution in [0.1, 0.15) is 23.2 Å². The van der Waals surface area contributed by atoms with Crippen LogP contribution in [0.5, 0.6) is 0 Å². The van der Waals surface area contributed by atoms with Crippen molar-refractivity contribution in [3.63, 3.8) is 0 Å². The Morgan fingerprint density at radius 2 is 2.07 bits per heavy atom. The van der Waals surface area contributed by atoms with E-state index in [4.69, 9.17) is 9.73 Å². The number of benzene rings is 1. The van der Waals surface area contributed by atoms with Crippen LogP contribution in [-0.2, 0) is 4.74 Å². The molecule has 1 aromatic heterocycles. The molecule has 2 fully saturated rings. The fraction of sp³-hybridized carbons (Fsp3) is 0.409.